The Bertz CT molecular complexity index is 608. The molecular formula is C20H31FIN3OS. The SMILES string of the molecule is CN=C(NCC1(c2ccc(F)cc2)CCOCC1)NC1CCC(SC)C1.I. The highest BCUT2D eigenvalue weighted by molar-refractivity contribution is 14.0. The number of benzene rings is 1. The van der Waals surface area contributed by atoms with Crippen LogP contribution in [0.25, 0.3) is 0 Å². The lowest BCUT2D eigenvalue weighted by Crippen LogP contribution is -2.49. The van der Waals surface area contributed by atoms with Crippen LogP contribution in [-0.4, -0.2) is 50.3 Å². The molecular weight excluding hydrogens is 476 g/mol. The summed E-state index contributed by atoms with van der Waals surface area (Å²) in [6.45, 7) is 2.26. The molecule has 7 heteroatoms. The molecule has 0 spiro atoms. The molecule has 1 aliphatic carbocycles. The van der Waals surface area contributed by atoms with Gasteiger partial charge in [-0.15, -0.1) is 24.0 Å². The average molecular weight is 507 g/mol. The zero-order chi connectivity index (χ0) is 18.4. The van der Waals surface area contributed by atoms with Crippen molar-refractivity contribution in [3.8, 4) is 0 Å². The standard InChI is InChI=1S/C20H30FN3OS.HI/c1-22-19(24-17-7-8-18(13-17)26-2)23-14-20(9-11-25-12-10-20)15-3-5-16(21)6-4-15;/h3-6,17-18H,7-14H2,1-2H3,(H2,22,23,24);1H. The Morgan fingerprint density at radius 3 is 2.56 bits per heavy atom. The molecule has 1 aromatic carbocycles. The molecule has 0 aromatic heterocycles. The number of thioether (sulfide) groups is 1. The number of hydrogen-bond donors (Lipinski definition) is 2. The van der Waals surface area contributed by atoms with E-state index >= 15 is 0 Å². The first kappa shape index (κ1) is 22.7. The van der Waals surface area contributed by atoms with E-state index < -0.39 is 0 Å². The van der Waals surface area contributed by atoms with Crippen LogP contribution in [0, 0.1) is 5.82 Å². The van der Waals surface area contributed by atoms with Crippen LogP contribution in [0.5, 0.6) is 0 Å². The fourth-order valence-electron chi connectivity index (χ4n) is 4.06. The summed E-state index contributed by atoms with van der Waals surface area (Å²) in [6, 6.07) is 7.44. The highest BCUT2D eigenvalue weighted by atomic mass is 127. The van der Waals surface area contributed by atoms with Crippen molar-refractivity contribution >= 4 is 41.7 Å². The number of halogens is 2. The number of rotatable bonds is 5. The van der Waals surface area contributed by atoms with Gasteiger partial charge in [0.25, 0.3) is 0 Å². The fourth-order valence-corrected chi connectivity index (χ4v) is 4.86. The second-order valence-corrected chi connectivity index (χ2v) is 8.48. The molecule has 1 aliphatic heterocycles. The Labute approximate surface area is 183 Å². The molecule has 152 valence electrons. The summed E-state index contributed by atoms with van der Waals surface area (Å²) in [5, 5.41) is 7.87. The minimum atomic E-state index is -0.189. The Hall–Kier alpha value is -0.540. The van der Waals surface area contributed by atoms with Gasteiger partial charge in [0.1, 0.15) is 5.82 Å². The van der Waals surface area contributed by atoms with Crippen molar-refractivity contribution in [2.75, 3.05) is 33.1 Å². The molecule has 27 heavy (non-hydrogen) atoms. The van der Waals surface area contributed by atoms with Crippen LogP contribution < -0.4 is 10.6 Å². The predicted octanol–water partition coefficient (Wildman–Crippen LogP) is 3.94. The molecule has 1 saturated carbocycles. The molecule has 1 saturated heterocycles. The van der Waals surface area contributed by atoms with Gasteiger partial charge in [-0.2, -0.15) is 11.8 Å². The molecule has 2 aliphatic rings. The van der Waals surface area contributed by atoms with Crippen molar-refractivity contribution in [3.63, 3.8) is 0 Å². The van der Waals surface area contributed by atoms with Crippen LogP contribution >= 0.6 is 35.7 Å². The summed E-state index contributed by atoms with van der Waals surface area (Å²) in [7, 11) is 1.82. The van der Waals surface area contributed by atoms with E-state index in [1.54, 1.807) is 12.1 Å². The van der Waals surface area contributed by atoms with Crippen molar-refractivity contribution in [2.45, 2.75) is 48.8 Å². The van der Waals surface area contributed by atoms with Crippen molar-refractivity contribution in [1.82, 2.24) is 10.6 Å². The molecule has 0 radical (unpaired) electrons. The highest BCUT2D eigenvalue weighted by Gasteiger charge is 2.35. The quantitative estimate of drug-likeness (QED) is 0.360. The number of nitrogens with one attached hydrogen (secondary N) is 2. The van der Waals surface area contributed by atoms with Crippen LogP contribution in [0.4, 0.5) is 4.39 Å². The number of aliphatic imine (C=N–C) groups is 1. The lowest BCUT2D eigenvalue weighted by Gasteiger charge is -2.38. The molecule has 3 rings (SSSR count). The van der Waals surface area contributed by atoms with Gasteiger partial charge in [0.2, 0.25) is 0 Å². The van der Waals surface area contributed by atoms with Crippen LogP contribution in [0.2, 0.25) is 0 Å². The van der Waals surface area contributed by atoms with E-state index in [2.05, 4.69) is 21.9 Å². The van der Waals surface area contributed by atoms with Gasteiger partial charge in [-0.05, 0) is 56.1 Å². The van der Waals surface area contributed by atoms with Crippen molar-refractivity contribution in [2.24, 2.45) is 4.99 Å². The summed E-state index contributed by atoms with van der Waals surface area (Å²) in [5.74, 6) is 0.677. The van der Waals surface area contributed by atoms with E-state index in [0.29, 0.717) is 6.04 Å². The van der Waals surface area contributed by atoms with E-state index in [1.807, 2.05) is 30.9 Å². The van der Waals surface area contributed by atoms with Gasteiger partial charge in [0.05, 0.1) is 0 Å². The lowest BCUT2D eigenvalue weighted by molar-refractivity contribution is 0.0513. The monoisotopic (exact) mass is 507 g/mol. The molecule has 2 fully saturated rings. The van der Waals surface area contributed by atoms with Crippen LogP contribution in [0.15, 0.2) is 29.3 Å². The van der Waals surface area contributed by atoms with E-state index in [4.69, 9.17) is 4.74 Å². The molecule has 2 unspecified atom stereocenters. The second kappa shape index (κ2) is 10.9. The zero-order valence-electron chi connectivity index (χ0n) is 16.2. The zero-order valence-corrected chi connectivity index (χ0v) is 19.3. The highest BCUT2D eigenvalue weighted by Crippen LogP contribution is 2.34. The summed E-state index contributed by atoms with van der Waals surface area (Å²) in [4.78, 5) is 4.42. The fraction of sp³-hybridized carbons (Fsp3) is 0.650. The average Bonchev–Trinajstić information content (AvgIpc) is 3.14. The maximum atomic E-state index is 13.4. The maximum absolute atomic E-state index is 13.4. The first-order chi connectivity index (χ1) is 12.6. The van der Waals surface area contributed by atoms with E-state index in [-0.39, 0.29) is 35.2 Å². The molecule has 2 atom stereocenters. The lowest BCUT2D eigenvalue weighted by atomic mass is 9.74. The van der Waals surface area contributed by atoms with Crippen LogP contribution in [0.1, 0.15) is 37.7 Å². The van der Waals surface area contributed by atoms with Gasteiger partial charge >= 0.3 is 0 Å². The number of nitrogens with zero attached hydrogens (tertiary/aromatic N) is 1. The number of hydrogen-bond acceptors (Lipinski definition) is 3. The minimum absolute atomic E-state index is 0. The summed E-state index contributed by atoms with van der Waals surface area (Å²) < 4.78 is 18.9. The smallest absolute Gasteiger partial charge is 0.191 e. The Morgan fingerprint density at radius 1 is 1.26 bits per heavy atom. The first-order valence-electron chi connectivity index (χ1n) is 9.49. The molecule has 0 bridgehead atoms. The van der Waals surface area contributed by atoms with Gasteiger partial charge in [-0.25, -0.2) is 4.39 Å². The van der Waals surface area contributed by atoms with E-state index in [0.717, 1.165) is 43.8 Å². The van der Waals surface area contributed by atoms with Crippen molar-refractivity contribution in [1.29, 1.82) is 0 Å². The summed E-state index contributed by atoms with van der Waals surface area (Å²) >= 11 is 1.96. The predicted molar refractivity (Wildman–Crippen MR) is 123 cm³/mol. The Balaban J connectivity index is 0.00000261. The third-order valence-corrected chi connectivity index (χ3v) is 6.88. The van der Waals surface area contributed by atoms with Crippen LogP contribution in [-0.2, 0) is 10.2 Å². The van der Waals surface area contributed by atoms with Crippen molar-refractivity contribution in [3.05, 3.63) is 35.6 Å². The maximum Gasteiger partial charge on any atom is 0.191 e. The third-order valence-electron chi connectivity index (χ3n) is 5.78. The second-order valence-electron chi connectivity index (χ2n) is 7.34. The Kier molecular flexibility index (Phi) is 9.14. The molecule has 1 heterocycles. The van der Waals surface area contributed by atoms with Gasteiger partial charge in [-0.1, -0.05) is 12.1 Å². The normalized spacial score (nSPS) is 24.9. The summed E-state index contributed by atoms with van der Waals surface area (Å²) in [6.07, 6.45) is 7.72. The third kappa shape index (κ3) is 5.97. The van der Waals surface area contributed by atoms with Crippen LogP contribution in [0.3, 0.4) is 0 Å². The van der Waals surface area contributed by atoms with E-state index in [9.17, 15) is 4.39 Å². The molecule has 2 N–H and O–H groups in total. The molecule has 4 nitrogen and oxygen atoms in total. The van der Waals surface area contributed by atoms with Gasteiger partial charge < -0.3 is 15.4 Å². The molecule has 0 amide bonds. The topological polar surface area (TPSA) is 45.7 Å². The van der Waals surface area contributed by atoms with Gasteiger partial charge in [-0.3, -0.25) is 4.99 Å². The Morgan fingerprint density at radius 2 is 1.96 bits per heavy atom. The van der Waals surface area contributed by atoms with E-state index in [1.165, 1.54) is 24.8 Å². The van der Waals surface area contributed by atoms with Gasteiger partial charge in [0.15, 0.2) is 5.96 Å². The number of guanidine groups is 1. The van der Waals surface area contributed by atoms with Crippen molar-refractivity contribution < 1.29 is 9.13 Å². The first-order valence-corrected chi connectivity index (χ1v) is 10.8. The molecule has 1 aromatic rings. The minimum Gasteiger partial charge on any atom is -0.381 e. The summed E-state index contributed by atoms with van der Waals surface area (Å²) in [5.41, 5.74) is 1.13. The van der Waals surface area contributed by atoms with Gasteiger partial charge in [0, 0.05) is 43.5 Å². The largest absolute Gasteiger partial charge is 0.381 e. The number of ether oxygens (including phenoxy) is 1.